The van der Waals surface area contributed by atoms with Crippen LogP contribution in [0.2, 0.25) is 0 Å². The maximum atomic E-state index is 12.9. The van der Waals surface area contributed by atoms with Crippen LogP contribution >= 0.6 is 11.3 Å². The zero-order valence-corrected chi connectivity index (χ0v) is 13.6. The summed E-state index contributed by atoms with van der Waals surface area (Å²) in [5.41, 5.74) is 3.94. The number of thiazole rings is 1. The Kier molecular flexibility index (Phi) is 5.18. The number of hydrogen-bond donors (Lipinski definition) is 1. The molecule has 4 nitrogen and oxygen atoms in total. The number of nitrogens with one attached hydrogen (secondary N) is 1. The van der Waals surface area contributed by atoms with Gasteiger partial charge in [0.15, 0.2) is 0 Å². The van der Waals surface area contributed by atoms with Crippen LogP contribution in [0.25, 0.3) is 0 Å². The van der Waals surface area contributed by atoms with E-state index >= 15 is 0 Å². The van der Waals surface area contributed by atoms with E-state index in [2.05, 4.69) is 10.3 Å². The average molecular weight is 342 g/mol. The minimum atomic E-state index is -0.296. The number of rotatable bonds is 6. The van der Waals surface area contributed by atoms with E-state index in [1.165, 1.54) is 23.5 Å². The van der Waals surface area contributed by atoms with Gasteiger partial charge in [0.25, 0.3) is 5.91 Å². The molecule has 3 rings (SSSR count). The van der Waals surface area contributed by atoms with Crippen molar-refractivity contribution in [1.82, 2.24) is 10.3 Å². The first-order valence-electron chi connectivity index (χ1n) is 7.33. The number of hydrogen-bond acceptors (Lipinski definition) is 4. The molecule has 0 bridgehead atoms. The third kappa shape index (κ3) is 4.39. The van der Waals surface area contributed by atoms with Crippen molar-refractivity contribution in [2.45, 2.75) is 13.2 Å². The molecule has 1 heterocycles. The molecule has 0 aliphatic heterocycles. The maximum absolute atomic E-state index is 12.9. The summed E-state index contributed by atoms with van der Waals surface area (Å²) in [6, 6.07) is 13.0. The first-order valence-corrected chi connectivity index (χ1v) is 8.27. The lowest BCUT2D eigenvalue weighted by Gasteiger charge is -2.08. The molecule has 0 saturated heterocycles. The zero-order chi connectivity index (χ0) is 16.8. The highest BCUT2D eigenvalue weighted by atomic mass is 32.1. The summed E-state index contributed by atoms with van der Waals surface area (Å²) < 4.78 is 18.5. The highest BCUT2D eigenvalue weighted by Gasteiger charge is 2.07. The summed E-state index contributed by atoms with van der Waals surface area (Å²) in [5.74, 6) is 0.103. The predicted octanol–water partition coefficient (Wildman–Crippen LogP) is 3.79. The Bertz CT molecular complexity index is 804. The van der Waals surface area contributed by atoms with Crippen LogP contribution in [-0.2, 0) is 13.2 Å². The van der Waals surface area contributed by atoms with E-state index in [0.717, 1.165) is 11.3 Å². The third-order valence-corrected chi connectivity index (χ3v) is 3.97. The van der Waals surface area contributed by atoms with Crippen LogP contribution in [0.4, 0.5) is 4.39 Å². The molecule has 6 heteroatoms. The SMILES string of the molecule is O=C(NCc1ccc(F)cc1)c1cccc(OCc2cscn2)c1. The molecule has 0 unspecified atom stereocenters. The number of carbonyl (C=O) groups is 1. The normalized spacial score (nSPS) is 10.4. The summed E-state index contributed by atoms with van der Waals surface area (Å²) in [4.78, 5) is 16.4. The van der Waals surface area contributed by atoms with Crippen molar-refractivity contribution in [3.63, 3.8) is 0 Å². The lowest BCUT2D eigenvalue weighted by molar-refractivity contribution is 0.0950. The molecule has 1 N–H and O–H groups in total. The van der Waals surface area contributed by atoms with E-state index in [-0.39, 0.29) is 11.7 Å². The van der Waals surface area contributed by atoms with E-state index in [1.807, 2.05) is 5.38 Å². The van der Waals surface area contributed by atoms with Gasteiger partial charge in [0, 0.05) is 17.5 Å². The molecular weight excluding hydrogens is 327 g/mol. The minimum absolute atomic E-state index is 0.210. The van der Waals surface area contributed by atoms with Crippen molar-refractivity contribution in [3.05, 3.63) is 82.1 Å². The van der Waals surface area contributed by atoms with Gasteiger partial charge in [-0.25, -0.2) is 9.37 Å². The van der Waals surface area contributed by atoms with E-state index in [9.17, 15) is 9.18 Å². The molecule has 0 fully saturated rings. The van der Waals surface area contributed by atoms with E-state index in [0.29, 0.717) is 24.5 Å². The Labute approximate surface area is 142 Å². The second-order valence-electron chi connectivity index (χ2n) is 5.11. The topological polar surface area (TPSA) is 51.2 Å². The molecule has 24 heavy (non-hydrogen) atoms. The number of halogens is 1. The smallest absolute Gasteiger partial charge is 0.251 e. The first-order chi connectivity index (χ1) is 11.7. The molecule has 2 aromatic carbocycles. The molecule has 1 amide bonds. The van der Waals surface area contributed by atoms with Crippen molar-refractivity contribution < 1.29 is 13.9 Å². The Morgan fingerprint density at radius 2 is 2.04 bits per heavy atom. The predicted molar refractivity (Wildman–Crippen MR) is 90.5 cm³/mol. The fraction of sp³-hybridized carbons (Fsp3) is 0.111. The Balaban J connectivity index is 1.58. The Morgan fingerprint density at radius 1 is 1.21 bits per heavy atom. The van der Waals surface area contributed by atoms with Crippen molar-refractivity contribution in [2.75, 3.05) is 0 Å². The molecule has 0 spiro atoms. The highest BCUT2D eigenvalue weighted by molar-refractivity contribution is 7.07. The van der Waals surface area contributed by atoms with Gasteiger partial charge in [-0.05, 0) is 35.9 Å². The molecule has 0 saturated carbocycles. The van der Waals surface area contributed by atoms with Gasteiger partial charge in [0.2, 0.25) is 0 Å². The molecule has 122 valence electrons. The van der Waals surface area contributed by atoms with Gasteiger partial charge >= 0.3 is 0 Å². The summed E-state index contributed by atoms with van der Waals surface area (Å²) >= 11 is 1.51. The molecule has 1 aromatic heterocycles. The highest BCUT2D eigenvalue weighted by Crippen LogP contribution is 2.15. The van der Waals surface area contributed by atoms with Gasteiger partial charge in [-0.2, -0.15) is 0 Å². The number of benzene rings is 2. The largest absolute Gasteiger partial charge is 0.487 e. The summed E-state index contributed by atoms with van der Waals surface area (Å²) in [7, 11) is 0. The summed E-state index contributed by atoms with van der Waals surface area (Å²) in [6.45, 7) is 0.702. The summed E-state index contributed by atoms with van der Waals surface area (Å²) in [6.07, 6.45) is 0. The van der Waals surface area contributed by atoms with Crippen molar-refractivity contribution in [2.24, 2.45) is 0 Å². The number of amides is 1. The van der Waals surface area contributed by atoms with Gasteiger partial charge in [-0.15, -0.1) is 11.3 Å². The molecule has 0 radical (unpaired) electrons. The maximum Gasteiger partial charge on any atom is 0.251 e. The van der Waals surface area contributed by atoms with Crippen LogP contribution in [0.1, 0.15) is 21.6 Å². The number of nitrogens with zero attached hydrogens (tertiary/aromatic N) is 1. The molecule has 0 aliphatic rings. The third-order valence-electron chi connectivity index (χ3n) is 3.33. The van der Waals surface area contributed by atoms with Gasteiger partial charge in [-0.3, -0.25) is 4.79 Å². The monoisotopic (exact) mass is 342 g/mol. The van der Waals surface area contributed by atoms with Gasteiger partial charge in [-0.1, -0.05) is 18.2 Å². The van der Waals surface area contributed by atoms with Crippen LogP contribution in [0.3, 0.4) is 0 Å². The molecule has 0 aliphatic carbocycles. The van der Waals surface area contributed by atoms with Gasteiger partial charge in [0.1, 0.15) is 18.2 Å². The van der Waals surface area contributed by atoms with Crippen LogP contribution in [-0.4, -0.2) is 10.9 Å². The number of aromatic nitrogens is 1. The van der Waals surface area contributed by atoms with Crippen molar-refractivity contribution in [3.8, 4) is 5.75 Å². The Morgan fingerprint density at radius 3 is 2.79 bits per heavy atom. The molecular formula is C18H15FN2O2S. The minimum Gasteiger partial charge on any atom is -0.487 e. The van der Waals surface area contributed by atoms with Crippen LogP contribution in [0.15, 0.2) is 59.4 Å². The lowest BCUT2D eigenvalue weighted by atomic mass is 10.2. The van der Waals surface area contributed by atoms with Gasteiger partial charge < -0.3 is 10.1 Å². The lowest BCUT2D eigenvalue weighted by Crippen LogP contribution is -2.22. The fourth-order valence-corrected chi connectivity index (χ4v) is 2.62. The quantitative estimate of drug-likeness (QED) is 0.741. The van der Waals surface area contributed by atoms with Crippen LogP contribution in [0.5, 0.6) is 5.75 Å². The zero-order valence-electron chi connectivity index (χ0n) is 12.7. The number of carbonyl (C=O) groups excluding carboxylic acids is 1. The first kappa shape index (κ1) is 16.1. The van der Waals surface area contributed by atoms with Gasteiger partial charge in [0.05, 0.1) is 11.2 Å². The van der Waals surface area contributed by atoms with Crippen LogP contribution < -0.4 is 10.1 Å². The fourth-order valence-electron chi connectivity index (χ4n) is 2.08. The molecule has 3 aromatic rings. The van der Waals surface area contributed by atoms with E-state index in [1.54, 1.807) is 41.9 Å². The van der Waals surface area contributed by atoms with E-state index in [4.69, 9.17) is 4.74 Å². The second kappa shape index (κ2) is 7.70. The van der Waals surface area contributed by atoms with Crippen LogP contribution in [0, 0.1) is 5.82 Å². The Hall–Kier alpha value is -2.73. The summed E-state index contributed by atoms with van der Waals surface area (Å²) in [5, 5.41) is 4.72. The standard InChI is InChI=1S/C18H15FN2O2S/c19-15-6-4-13(5-7-15)9-20-18(22)14-2-1-3-17(8-14)23-10-16-11-24-12-21-16/h1-8,11-12H,9-10H2,(H,20,22). The van der Waals surface area contributed by atoms with Crippen molar-refractivity contribution >= 4 is 17.2 Å². The number of ether oxygens (including phenoxy) is 1. The van der Waals surface area contributed by atoms with Crippen molar-refractivity contribution in [1.29, 1.82) is 0 Å². The average Bonchev–Trinajstić information content (AvgIpc) is 3.13. The molecule has 0 atom stereocenters. The van der Waals surface area contributed by atoms with E-state index < -0.39 is 0 Å². The second-order valence-corrected chi connectivity index (χ2v) is 5.82.